The van der Waals surface area contributed by atoms with E-state index in [1.54, 1.807) is 35.9 Å². The van der Waals surface area contributed by atoms with Crippen LogP contribution in [0.3, 0.4) is 0 Å². The minimum absolute atomic E-state index is 0.237. The number of carbonyl (C=O) groups excluding carboxylic acids is 2. The summed E-state index contributed by atoms with van der Waals surface area (Å²) in [6.45, 7) is 6.69. The zero-order chi connectivity index (χ0) is 34.7. The molecule has 250 valence electrons. The van der Waals surface area contributed by atoms with Gasteiger partial charge in [-0.1, -0.05) is 55.5 Å². The SMILES string of the molecule is COC(=O)C1=C(C)N=c2sc(=Cc3cn(-c4ccccc4)nc3-c3ccc(OCCC(C)C)cc3)c(=O)n2C1c1ccc(C(=O)OC)cc1. The normalized spacial score (nSPS) is 14.4. The zero-order valence-corrected chi connectivity index (χ0v) is 28.7. The first-order chi connectivity index (χ1) is 23.7. The van der Waals surface area contributed by atoms with Gasteiger partial charge in [0.05, 0.1) is 53.9 Å². The topological polar surface area (TPSA) is 114 Å². The first kappa shape index (κ1) is 33.4. The molecule has 0 amide bonds. The number of nitrogens with zero attached hydrogens (tertiary/aromatic N) is 4. The molecule has 49 heavy (non-hydrogen) atoms. The number of fused-ring (bicyclic) bond motifs is 1. The molecular weight excluding hydrogens is 641 g/mol. The van der Waals surface area contributed by atoms with Gasteiger partial charge in [0.15, 0.2) is 4.80 Å². The van der Waals surface area contributed by atoms with Crippen LogP contribution in [-0.4, -0.2) is 47.1 Å². The van der Waals surface area contributed by atoms with Crippen molar-refractivity contribution in [3.63, 3.8) is 0 Å². The Labute approximate surface area is 287 Å². The summed E-state index contributed by atoms with van der Waals surface area (Å²) in [5.74, 6) is 0.238. The van der Waals surface area contributed by atoms with Gasteiger partial charge in [0, 0.05) is 17.3 Å². The van der Waals surface area contributed by atoms with Crippen LogP contribution in [0.15, 0.2) is 106 Å². The van der Waals surface area contributed by atoms with E-state index in [4.69, 9.17) is 19.3 Å². The highest BCUT2D eigenvalue weighted by Gasteiger charge is 2.33. The number of aromatic nitrogens is 3. The van der Waals surface area contributed by atoms with E-state index in [1.807, 2.05) is 66.9 Å². The lowest BCUT2D eigenvalue weighted by atomic mass is 9.95. The number of benzene rings is 3. The van der Waals surface area contributed by atoms with Crippen LogP contribution in [0, 0.1) is 5.92 Å². The lowest BCUT2D eigenvalue weighted by Crippen LogP contribution is -2.39. The Morgan fingerprint density at radius 1 is 0.939 bits per heavy atom. The molecule has 3 heterocycles. The number of methoxy groups -OCH3 is 2. The Bertz CT molecular complexity index is 2210. The molecule has 0 spiro atoms. The monoisotopic (exact) mass is 676 g/mol. The van der Waals surface area contributed by atoms with Crippen LogP contribution in [0.25, 0.3) is 23.0 Å². The highest BCUT2D eigenvalue weighted by atomic mass is 32.1. The summed E-state index contributed by atoms with van der Waals surface area (Å²) >= 11 is 1.23. The average Bonchev–Trinajstić information content (AvgIpc) is 3.67. The number of para-hydroxylation sites is 1. The molecule has 0 radical (unpaired) electrons. The number of thiazole rings is 1. The summed E-state index contributed by atoms with van der Waals surface area (Å²) in [6.07, 6.45) is 4.67. The van der Waals surface area contributed by atoms with E-state index in [0.29, 0.717) is 44.4 Å². The van der Waals surface area contributed by atoms with E-state index in [1.165, 1.54) is 30.1 Å². The second kappa shape index (κ2) is 14.3. The van der Waals surface area contributed by atoms with Gasteiger partial charge in [-0.3, -0.25) is 9.36 Å². The van der Waals surface area contributed by atoms with Crippen molar-refractivity contribution in [1.82, 2.24) is 14.3 Å². The molecule has 10 nitrogen and oxygen atoms in total. The van der Waals surface area contributed by atoms with Crippen molar-refractivity contribution in [2.75, 3.05) is 20.8 Å². The van der Waals surface area contributed by atoms with Crippen molar-refractivity contribution in [3.05, 3.63) is 133 Å². The molecule has 1 atom stereocenters. The van der Waals surface area contributed by atoms with E-state index >= 15 is 0 Å². The maximum atomic E-state index is 14.3. The van der Waals surface area contributed by atoms with E-state index < -0.39 is 18.0 Å². The number of allylic oxidation sites excluding steroid dienone is 1. The third-order valence-corrected chi connectivity index (χ3v) is 9.20. The summed E-state index contributed by atoms with van der Waals surface area (Å²) in [7, 11) is 2.60. The van der Waals surface area contributed by atoms with Crippen molar-refractivity contribution >= 4 is 29.4 Å². The van der Waals surface area contributed by atoms with Crippen LogP contribution in [-0.2, 0) is 14.3 Å². The van der Waals surface area contributed by atoms with E-state index in [2.05, 4.69) is 18.8 Å². The van der Waals surface area contributed by atoms with Gasteiger partial charge in [-0.25, -0.2) is 19.3 Å². The van der Waals surface area contributed by atoms with Crippen molar-refractivity contribution in [3.8, 4) is 22.7 Å². The van der Waals surface area contributed by atoms with Crippen LogP contribution in [0.4, 0.5) is 0 Å². The second-order valence-electron chi connectivity index (χ2n) is 12.0. The Morgan fingerprint density at radius 3 is 2.29 bits per heavy atom. The van der Waals surface area contributed by atoms with Gasteiger partial charge in [0.1, 0.15) is 11.4 Å². The fourth-order valence-corrected chi connectivity index (χ4v) is 6.66. The van der Waals surface area contributed by atoms with Gasteiger partial charge in [0.25, 0.3) is 5.56 Å². The van der Waals surface area contributed by atoms with Gasteiger partial charge in [-0.2, -0.15) is 5.10 Å². The third kappa shape index (κ3) is 6.88. The van der Waals surface area contributed by atoms with Gasteiger partial charge in [-0.05, 0) is 79.4 Å². The summed E-state index contributed by atoms with van der Waals surface area (Å²) in [4.78, 5) is 44.6. The fourth-order valence-electron chi connectivity index (χ4n) is 5.62. The quantitative estimate of drug-likeness (QED) is 0.180. The van der Waals surface area contributed by atoms with Crippen LogP contribution >= 0.6 is 11.3 Å². The maximum Gasteiger partial charge on any atom is 0.338 e. The van der Waals surface area contributed by atoms with Crippen molar-refractivity contribution in [1.29, 1.82) is 0 Å². The summed E-state index contributed by atoms with van der Waals surface area (Å²) in [5.41, 5.74) is 4.45. The largest absolute Gasteiger partial charge is 0.494 e. The Hall–Kier alpha value is -5.55. The number of esters is 2. The highest BCUT2D eigenvalue weighted by Crippen LogP contribution is 2.31. The summed E-state index contributed by atoms with van der Waals surface area (Å²) in [6, 6.07) is 23.3. The van der Waals surface area contributed by atoms with Crippen molar-refractivity contribution in [2.24, 2.45) is 10.9 Å². The van der Waals surface area contributed by atoms with Gasteiger partial charge in [-0.15, -0.1) is 0 Å². The van der Waals surface area contributed by atoms with Gasteiger partial charge >= 0.3 is 11.9 Å². The molecule has 0 aliphatic carbocycles. The zero-order valence-electron chi connectivity index (χ0n) is 27.9. The molecule has 11 heteroatoms. The Balaban J connectivity index is 1.47. The molecule has 0 N–H and O–H groups in total. The smallest absolute Gasteiger partial charge is 0.338 e. The molecule has 1 aliphatic heterocycles. The molecule has 0 saturated heterocycles. The van der Waals surface area contributed by atoms with Crippen molar-refractivity contribution in [2.45, 2.75) is 33.2 Å². The number of hydrogen-bond acceptors (Lipinski definition) is 9. The predicted octanol–water partition coefficient (Wildman–Crippen LogP) is 5.47. The summed E-state index contributed by atoms with van der Waals surface area (Å²) < 4.78 is 19.6. The van der Waals surface area contributed by atoms with E-state index in [9.17, 15) is 14.4 Å². The lowest BCUT2D eigenvalue weighted by molar-refractivity contribution is -0.136. The molecule has 2 aromatic heterocycles. The first-order valence-electron chi connectivity index (χ1n) is 15.9. The lowest BCUT2D eigenvalue weighted by Gasteiger charge is -2.24. The third-order valence-electron chi connectivity index (χ3n) is 8.22. The molecule has 0 fully saturated rings. The number of hydrogen-bond donors (Lipinski definition) is 0. The maximum absolute atomic E-state index is 14.3. The van der Waals surface area contributed by atoms with Crippen LogP contribution in [0.5, 0.6) is 5.75 Å². The Morgan fingerprint density at radius 2 is 1.63 bits per heavy atom. The Kier molecular flexibility index (Phi) is 9.72. The highest BCUT2D eigenvalue weighted by molar-refractivity contribution is 7.07. The van der Waals surface area contributed by atoms with E-state index in [0.717, 1.165) is 29.0 Å². The minimum Gasteiger partial charge on any atom is -0.494 e. The van der Waals surface area contributed by atoms with Gasteiger partial charge < -0.3 is 14.2 Å². The second-order valence-corrected chi connectivity index (χ2v) is 13.0. The molecule has 0 saturated carbocycles. The number of rotatable bonds is 10. The van der Waals surface area contributed by atoms with Crippen LogP contribution in [0.1, 0.15) is 54.7 Å². The summed E-state index contributed by atoms with van der Waals surface area (Å²) in [5, 5.41) is 4.93. The average molecular weight is 677 g/mol. The fraction of sp³-hybridized carbons (Fsp3) is 0.237. The van der Waals surface area contributed by atoms with Crippen LogP contribution in [0.2, 0.25) is 0 Å². The van der Waals surface area contributed by atoms with Gasteiger partial charge in [0.2, 0.25) is 0 Å². The number of carbonyl (C=O) groups is 2. The molecular formula is C38H36N4O6S. The standard InChI is InChI=1S/C38H36N4O6S/c1-23(2)19-20-48-30-17-15-25(16-18-30)33-28(22-41(40-33)29-9-7-6-8-10-29)21-31-35(43)42-34(26-11-13-27(14-12-26)36(44)46-4)32(37(45)47-5)24(3)39-38(42)49-31/h6-18,21-23,34H,19-20H2,1-5H3. The first-order valence-corrected chi connectivity index (χ1v) is 16.7. The van der Waals surface area contributed by atoms with Crippen molar-refractivity contribution < 1.29 is 23.8 Å². The predicted molar refractivity (Wildman–Crippen MR) is 188 cm³/mol. The van der Waals surface area contributed by atoms with E-state index in [-0.39, 0.29) is 11.1 Å². The molecule has 6 rings (SSSR count). The molecule has 0 bridgehead atoms. The molecule has 3 aromatic carbocycles. The minimum atomic E-state index is -0.827. The van der Waals surface area contributed by atoms with Crippen LogP contribution < -0.4 is 19.6 Å². The molecule has 5 aromatic rings. The molecule has 1 unspecified atom stereocenters. The number of ether oxygens (including phenoxy) is 3. The molecule has 1 aliphatic rings.